The number of nitrogens with zero attached hydrogens (tertiary/aromatic N) is 2. The second-order valence-electron chi connectivity index (χ2n) is 6.57. The number of benzene rings is 2. The Hall–Kier alpha value is -3.44. The highest BCUT2D eigenvalue weighted by atomic mass is 32.2. The molecule has 2 aromatic carbocycles. The van der Waals surface area contributed by atoms with Crippen LogP contribution in [0, 0.1) is 0 Å². The number of thioether (sulfide) groups is 1. The zero-order valence-electron chi connectivity index (χ0n) is 15.9. The molecule has 1 aliphatic carbocycles. The van der Waals surface area contributed by atoms with Crippen LogP contribution in [-0.2, 0) is 21.9 Å². The maximum absolute atomic E-state index is 13.0. The molecule has 0 aliphatic heterocycles. The number of rotatable bonds is 5. The summed E-state index contributed by atoms with van der Waals surface area (Å²) in [6.07, 6.45) is 1.27. The zero-order chi connectivity index (χ0) is 22.3. The van der Waals surface area contributed by atoms with Gasteiger partial charge in [0.15, 0.2) is 11.4 Å². The van der Waals surface area contributed by atoms with Crippen molar-refractivity contribution < 1.29 is 27.5 Å². The van der Waals surface area contributed by atoms with E-state index in [1.807, 2.05) is 0 Å². The average molecular weight is 458 g/mol. The van der Waals surface area contributed by atoms with Gasteiger partial charge in [0.1, 0.15) is 0 Å². The third kappa shape index (κ3) is 3.84. The van der Waals surface area contributed by atoms with Crippen LogP contribution in [0.15, 0.2) is 72.0 Å². The Morgan fingerprint density at radius 2 is 1.87 bits per heavy atom. The fourth-order valence-corrected chi connectivity index (χ4v) is 4.81. The van der Waals surface area contributed by atoms with Gasteiger partial charge >= 0.3 is 11.7 Å². The molecule has 31 heavy (non-hydrogen) atoms. The van der Waals surface area contributed by atoms with E-state index in [-0.39, 0.29) is 32.4 Å². The van der Waals surface area contributed by atoms with Crippen LogP contribution < -0.4 is 5.76 Å². The summed E-state index contributed by atoms with van der Waals surface area (Å²) in [6.45, 7) is 0. The van der Waals surface area contributed by atoms with Gasteiger partial charge in [-0.05, 0) is 18.2 Å². The number of carboxylic acids is 1. The lowest BCUT2D eigenvalue weighted by atomic mass is 9.94. The van der Waals surface area contributed by atoms with E-state index in [1.165, 1.54) is 42.0 Å². The van der Waals surface area contributed by atoms with E-state index in [2.05, 4.69) is 4.40 Å². The van der Waals surface area contributed by atoms with Crippen molar-refractivity contribution in [2.45, 2.75) is 4.90 Å². The van der Waals surface area contributed by atoms with Crippen LogP contribution in [0.25, 0.3) is 11.1 Å². The maximum atomic E-state index is 13.0. The van der Waals surface area contributed by atoms with E-state index in [9.17, 15) is 22.8 Å². The average Bonchev–Trinajstić information content (AvgIpc) is 3.02. The molecule has 11 heteroatoms. The van der Waals surface area contributed by atoms with E-state index in [0.29, 0.717) is 11.1 Å². The summed E-state index contributed by atoms with van der Waals surface area (Å²) in [5.74, 6) is -2.49. The van der Waals surface area contributed by atoms with Crippen LogP contribution in [0.5, 0.6) is 0 Å². The van der Waals surface area contributed by atoms with Crippen LogP contribution in [0.1, 0.15) is 15.9 Å². The first-order valence-electron chi connectivity index (χ1n) is 8.82. The number of oxazole rings is 1. The summed E-state index contributed by atoms with van der Waals surface area (Å²) in [6, 6.07) is 10.3. The van der Waals surface area contributed by atoms with Crippen LogP contribution in [0.3, 0.4) is 0 Å². The number of Topliss-reactive ketones (excluding diaryl/α,β-unsaturated/α-hetero) is 1. The molecule has 4 rings (SSSR count). The normalized spacial score (nSPS) is 15.2. The second kappa shape index (κ2) is 7.67. The number of carbonyl (C=O) groups excluding carboxylic acids is 1. The zero-order valence-corrected chi connectivity index (χ0v) is 17.6. The van der Waals surface area contributed by atoms with Gasteiger partial charge in [0.05, 0.1) is 26.8 Å². The summed E-state index contributed by atoms with van der Waals surface area (Å²) in [4.78, 5) is 35.1. The topological polar surface area (TPSA) is 136 Å². The fourth-order valence-electron chi connectivity index (χ4n) is 3.08. The molecule has 0 saturated heterocycles. The number of carbonyl (C=O) groups is 2. The molecule has 1 aromatic heterocycles. The van der Waals surface area contributed by atoms with Gasteiger partial charge in [-0.2, -0.15) is 12.8 Å². The minimum Gasteiger partial charge on any atom is -0.481 e. The van der Waals surface area contributed by atoms with Gasteiger partial charge in [-0.25, -0.2) is 4.79 Å². The Balaban J connectivity index is 1.83. The maximum Gasteiger partial charge on any atom is 0.419 e. The largest absolute Gasteiger partial charge is 0.481 e. The van der Waals surface area contributed by atoms with Crippen molar-refractivity contribution in [3.63, 3.8) is 0 Å². The Bertz CT molecular complexity index is 1480. The lowest BCUT2D eigenvalue weighted by Crippen LogP contribution is -2.18. The van der Waals surface area contributed by atoms with E-state index >= 15 is 0 Å². The van der Waals surface area contributed by atoms with Gasteiger partial charge in [0.25, 0.3) is 10.0 Å². The quantitative estimate of drug-likeness (QED) is 0.615. The molecule has 158 valence electrons. The lowest BCUT2D eigenvalue weighted by molar-refractivity contribution is -0.133. The first kappa shape index (κ1) is 20.8. The molecule has 0 spiro atoms. The highest BCUT2D eigenvalue weighted by molar-refractivity contribution is 8.04. The smallest absolute Gasteiger partial charge is 0.419 e. The van der Waals surface area contributed by atoms with Crippen molar-refractivity contribution in [2.24, 2.45) is 11.4 Å². The van der Waals surface area contributed by atoms with Crippen molar-refractivity contribution in [3.8, 4) is 0 Å². The lowest BCUT2D eigenvalue weighted by Gasteiger charge is -2.16. The van der Waals surface area contributed by atoms with Gasteiger partial charge in [-0.3, -0.25) is 14.2 Å². The molecule has 9 nitrogen and oxygen atoms in total. The van der Waals surface area contributed by atoms with Crippen LogP contribution >= 0.6 is 11.8 Å². The van der Waals surface area contributed by atoms with Crippen molar-refractivity contribution in [1.82, 2.24) is 4.57 Å². The van der Waals surface area contributed by atoms with Crippen LogP contribution in [0.4, 0.5) is 0 Å². The molecular weight excluding hydrogens is 444 g/mol. The van der Waals surface area contributed by atoms with E-state index in [4.69, 9.17) is 9.52 Å². The van der Waals surface area contributed by atoms with Gasteiger partial charge < -0.3 is 9.52 Å². The highest BCUT2D eigenvalue weighted by Gasteiger charge is 2.27. The van der Waals surface area contributed by atoms with E-state index in [1.54, 1.807) is 18.2 Å². The van der Waals surface area contributed by atoms with Crippen LogP contribution in [0.2, 0.25) is 0 Å². The number of allylic oxidation sites excluding steroid dienone is 2. The molecular formula is C20H14N2O7S2. The van der Waals surface area contributed by atoms with Crippen LogP contribution in [-0.4, -0.2) is 41.3 Å². The molecule has 0 amide bonds. The van der Waals surface area contributed by atoms with Crippen molar-refractivity contribution in [3.05, 3.63) is 75.1 Å². The summed E-state index contributed by atoms with van der Waals surface area (Å²) in [7, 11) is -2.73. The molecule has 1 N–H and O–H groups in total. The van der Waals surface area contributed by atoms with Crippen molar-refractivity contribution >= 4 is 50.3 Å². The van der Waals surface area contributed by atoms with E-state index in [0.717, 1.165) is 11.8 Å². The fraction of sp³-hybridized carbons (Fsp3) is 0.100. The number of carboxylic acid groups (broad SMARTS) is 1. The number of aryl methyl sites for hydroxylation is 1. The van der Waals surface area contributed by atoms with Gasteiger partial charge in [0, 0.05) is 24.2 Å². The van der Waals surface area contributed by atoms with Crippen molar-refractivity contribution in [2.75, 3.05) is 5.75 Å². The molecule has 0 unspecified atom stereocenters. The number of ketones is 1. The number of sulfonamides is 1. The Kier molecular flexibility index (Phi) is 5.15. The summed E-state index contributed by atoms with van der Waals surface area (Å²) in [5, 5.41) is 8.92. The second-order valence-corrected chi connectivity index (χ2v) is 9.20. The van der Waals surface area contributed by atoms with Gasteiger partial charge in [0.2, 0.25) is 0 Å². The summed E-state index contributed by atoms with van der Waals surface area (Å²) in [5.41, 5.74) is 1.09. The number of aromatic nitrogens is 1. The van der Waals surface area contributed by atoms with Gasteiger partial charge in [-0.15, -0.1) is 11.8 Å². The van der Waals surface area contributed by atoms with E-state index < -0.39 is 27.5 Å². The molecule has 1 heterocycles. The molecule has 0 fully saturated rings. The summed E-state index contributed by atoms with van der Waals surface area (Å²) < 4.78 is 36.1. The molecule has 3 aromatic rings. The highest BCUT2D eigenvalue weighted by Crippen LogP contribution is 2.30. The molecule has 0 saturated carbocycles. The monoisotopic (exact) mass is 458 g/mol. The number of hydrogen-bond acceptors (Lipinski definition) is 7. The Labute approximate surface area is 179 Å². The SMILES string of the molecule is Cn1c(=O)oc2cc(S(=O)(=O)/N=C3/C=C(SCC(=O)O)C(=O)c4ccccc43)ccc21. The number of fused-ring (bicyclic) bond motifs is 2. The minimum atomic E-state index is -4.23. The van der Waals surface area contributed by atoms with Crippen molar-refractivity contribution in [1.29, 1.82) is 0 Å². The van der Waals surface area contributed by atoms with Gasteiger partial charge in [-0.1, -0.05) is 24.3 Å². The Morgan fingerprint density at radius 3 is 2.58 bits per heavy atom. The molecule has 1 aliphatic rings. The molecule has 0 bridgehead atoms. The predicted molar refractivity (Wildman–Crippen MR) is 114 cm³/mol. The molecule has 0 radical (unpaired) electrons. The third-order valence-corrected chi connectivity index (χ3v) is 6.86. The first-order chi connectivity index (χ1) is 14.7. The number of hydrogen-bond donors (Lipinski definition) is 1. The standard InChI is InChI=1S/C20H14N2O7S2/c1-22-15-7-6-11(8-16(15)29-20(22)26)31(27,28)21-14-9-17(30-10-18(23)24)19(25)13-5-3-2-4-12(13)14/h2-9H,10H2,1H3,(H,23,24)/b21-14-. The molecule has 0 atom stereocenters. The third-order valence-electron chi connectivity index (χ3n) is 4.57. The first-order valence-corrected chi connectivity index (χ1v) is 11.2. The Morgan fingerprint density at radius 1 is 1.16 bits per heavy atom. The predicted octanol–water partition coefficient (Wildman–Crippen LogP) is 2.21. The number of aliphatic carboxylic acids is 1. The minimum absolute atomic E-state index is 0.0118. The summed E-state index contributed by atoms with van der Waals surface area (Å²) >= 11 is 0.793.